The minimum absolute atomic E-state index is 0.301. The first-order chi connectivity index (χ1) is 8.27. The molecule has 3 heteroatoms. The van der Waals surface area contributed by atoms with E-state index < -0.39 is 0 Å². The Morgan fingerprint density at radius 1 is 1.24 bits per heavy atom. The standard InChI is InChI=1S/C14H18N2O/c1-16-9-3-4-10-6-7-11-13(14(10)16)12(17)5-2-8-15-11/h6-7,15H,2-5,8-9H2,1H3. The fourth-order valence-electron chi connectivity index (χ4n) is 2.92. The summed E-state index contributed by atoms with van der Waals surface area (Å²) >= 11 is 0. The second-order valence-corrected chi connectivity index (χ2v) is 4.97. The number of carbonyl (C=O) groups is 1. The molecule has 0 aromatic heterocycles. The number of ketones is 1. The number of rotatable bonds is 0. The van der Waals surface area contributed by atoms with Crippen LogP contribution in [0.2, 0.25) is 0 Å². The van der Waals surface area contributed by atoms with Gasteiger partial charge in [-0.1, -0.05) is 6.07 Å². The molecule has 0 amide bonds. The molecular weight excluding hydrogens is 212 g/mol. The van der Waals surface area contributed by atoms with Crippen molar-refractivity contribution in [2.24, 2.45) is 0 Å². The minimum atomic E-state index is 0.301. The Labute approximate surface area is 102 Å². The van der Waals surface area contributed by atoms with E-state index in [4.69, 9.17) is 0 Å². The van der Waals surface area contributed by atoms with E-state index >= 15 is 0 Å². The molecule has 0 bridgehead atoms. The molecule has 1 N–H and O–H groups in total. The number of Topliss-reactive ketones (excluding diaryl/α,β-unsaturated/α-hetero) is 1. The van der Waals surface area contributed by atoms with E-state index in [1.807, 2.05) is 0 Å². The molecule has 2 aliphatic rings. The maximum atomic E-state index is 12.3. The van der Waals surface area contributed by atoms with Gasteiger partial charge in [0.15, 0.2) is 5.78 Å². The Balaban J connectivity index is 2.20. The molecule has 0 fully saturated rings. The normalized spacial score (nSPS) is 19.1. The average molecular weight is 230 g/mol. The van der Waals surface area contributed by atoms with Gasteiger partial charge in [-0.05, 0) is 30.9 Å². The van der Waals surface area contributed by atoms with Crippen LogP contribution < -0.4 is 10.2 Å². The first-order valence-electron chi connectivity index (χ1n) is 6.41. The summed E-state index contributed by atoms with van der Waals surface area (Å²) in [4.78, 5) is 14.5. The third kappa shape index (κ3) is 1.70. The van der Waals surface area contributed by atoms with Crippen LogP contribution in [0.25, 0.3) is 0 Å². The number of carbonyl (C=O) groups excluding carboxylic acids is 1. The highest BCUT2D eigenvalue weighted by Gasteiger charge is 2.25. The van der Waals surface area contributed by atoms with Gasteiger partial charge < -0.3 is 10.2 Å². The Morgan fingerprint density at radius 3 is 3.00 bits per heavy atom. The number of hydrogen-bond acceptors (Lipinski definition) is 3. The third-order valence-electron chi connectivity index (χ3n) is 3.76. The second kappa shape index (κ2) is 4.06. The van der Waals surface area contributed by atoms with E-state index in [9.17, 15) is 4.79 Å². The predicted octanol–water partition coefficient (Wildman–Crippen LogP) is 2.46. The van der Waals surface area contributed by atoms with Crippen molar-refractivity contribution in [2.75, 3.05) is 30.4 Å². The fourth-order valence-corrected chi connectivity index (χ4v) is 2.92. The van der Waals surface area contributed by atoms with Crippen molar-refractivity contribution in [3.63, 3.8) is 0 Å². The molecule has 3 rings (SSSR count). The monoisotopic (exact) mass is 230 g/mol. The summed E-state index contributed by atoms with van der Waals surface area (Å²) in [6.07, 6.45) is 3.89. The molecule has 17 heavy (non-hydrogen) atoms. The van der Waals surface area contributed by atoms with Crippen LogP contribution in [-0.4, -0.2) is 25.9 Å². The lowest BCUT2D eigenvalue weighted by atomic mass is 9.94. The fraction of sp³-hybridized carbons (Fsp3) is 0.500. The van der Waals surface area contributed by atoms with Gasteiger partial charge in [0.1, 0.15) is 0 Å². The molecule has 0 unspecified atom stereocenters. The van der Waals surface area contributed by atoms with Crippen LogP contribution in [0.3, 0.4) is 0 Å². The molecule has 1 aromatic carbocycles. The summed E-state index contributed by atoms with van der Waals surface area (Å²) in [5.74, 6) is 0.301. The van der Waals surface area contributed by atoms with Gasteiger partial charge in [-0.2, -0.15) is 0 Å². The van der Waals surface area contributed by atoms with Crippen LogP contribution in [0.5, 0.6) is 0 Å². The maximum absolute atomic E-state index is 12.3. The number of anilines is 2. The summed E-state index contributed by atoms with van der Waals surface area (Å²) in [7, 11) is 2.09. The van der Waals surface area contributed by atoms with Crippen molar-refractivity contribution in [1.82, 2.24) is 0 Å². The van der Waals surface area contributed by atoms with Crippen LogP contribution in [0.15, 0.2) is 12.1 Å². The van der Waals surface area contributed by atoms with Crippen molar-refractivity contribution in [3.8, 4) is 0 Å². The van der Waals surface area contributed by atoms with Crippen molar-refractivity contribution in [3.05, 3.63) is 23.3 Å². The molecule has 0 aliphatic carbocycles. The first kappa shape index (κ1) is 10.6. The van der Waals surface area contributed by atoms with Gasteiger partial charge in [-0.3, -0.25) is 4.79 Å². The summed E-state index contributed by atoms with van der Waals surface area (Å²) in [5, 5.41) is 3.38. The van der Waals surface area contributed by atoms with Crippen molar-refractivity contribution >= 4 is 17.2 Å². The Kier molecular flexibility index (Phi) is 2.54. The molecule has 1 aromatic rings. The highest BCUT2D eigenvalue weighted by molar-refractivity contribution is 6.07. The van der Waals surface area contributed by atoms with E-state index in [0.29, 0.717) is 12.2 Å². The van der Waals surface area contributed by atoms with Gasteiger partial charge in [0.25, 0.3) is 0 Å². The van der Waals surface area contributed by atoms with Crippen LogP contribution in [0, 0.1) is 0 Å². The number of benzene rings is 1. The Morgan fingerprint density at radius 2 is 2.12 bits per heavy atom. The minimum Gasteiger partial charge on any atom is -0.384 e. The van der Waals surface area contributed by atoms with Gasteiger partial charge in [-0.15, -0.1) is 0 Å². The topological polar surface area (TPSA) is 32.3 Å². The Hall–Kier alpha value is -1.51. The Bertz CT molecular complexity index is 468. The average Bonchev–Trinajstić information content (AvgIpc) is 2.52. The predicted molar refractivity (Wildman–Crippen MR) is 70.1 cm³/mol. The van der Waals surface area contributed by atoms with E-state index in [-0.39, 0.29) is 0 Å². The molecule has 0 spiro atoms. The highest BCUT2D eigenvalue weighted by atomic mass is 16.1. The number of fused-ring (bicyclic) bond motifs is 3. The maximum Gasteiger partial charge on any atom is 0.167 e. The van der Waals surface area contributed by atoms with Gasteiger partial charge in [0, 0.05) is 32.2 Å². The van der Waals surface area contributed by atoms with E-state index in [2.05, 4.69) is 29.4 Å². The SMILES string of the molecule is CN1CCCc2ccc3c(c21)C(=O)CCCN3. The lowest BCUT2D eigenvalue weighted by molar-refractivity contribution is 0.0984. The molecule has 2 aliphatic heterocycles. The molecule has 3 nitrogen and oxygen atoms in total. The van der Waals surface area contributed by atoms with Gasteiger partial charge in [0.05, 0.1) is 11.3 Å². The molecule has 2 heterocycles. The van der Waals surface area contributed by atoms with Crippen LogP contribution in [0.1, 0.15) is 35.2 Å². The molecule has 90 valence electrons. The third-order valence-corrected chi connectivity index (χ3v) is 3.76. The second-order valence-electron chi connectivity index (χ2n) is 4.97. The first-order valence-corrected chi connectivity index (χ1v) is 6.41. The highest BCUT2D eigenvalue weighted by Crippen LogP contribution is 2.36. The summed E-state index contributed by atoms with van der Waals surface area (Å²) in [6.45, 7) is 1.96. The number of nitrogens with zero attached hydrogens (tertiary/aromatic N) is 1. The summed E-state index contributed by atoms with van der Waals surface area (Å²) in [5.41, 5.74) is 4.46. The number of nitrogens with one attached hydrogen (secondary N) is 1. The van der Waals surface area contributed by atoms with E-state index in [0.717, 1.165) is 37.2 Å². The van der Waals surface area contributed by atoms with Crippen LogP contribution in [-0.2, 0) is 6.42 Å². The van der Waals surface area contributed by atoms with Crippen molar-refractivity contribution in [2.45, 2.75) is 25.7 Å². The quantitative estimate of drug-likeness (QED) is 0.743. The largest absolute Gasteiger partial charge is 0.384 e. The summed E-state index contributed by atoms with van der Waals surface area (Å²) < 4.78 is 0. The van der Waals surface area contributed by atoms with Crippen LogP contribution in [0.4, 0.5) is 11.4 Å². The van der Waals surface area contributed by atoms with Crippen LogP contribution >= 0.6 is 0 Å². The van der Waals surface area contributed by atoms with E-state index in [1.165, 1.54) is 17.7 Å². The molecule has 0 radical (unpaired) electrons. The molecular formula is C14H18N2O. The van der Waals surface area contributed by atoms with Gasteiger partial charge >= 0.3 is 0 Å². The molecule has 0 atom stereocenters. The zero-order valence-electron chi connectivity index (χ0n) is 10.3. The van der Waals surface area contributed by atoms with Crippen molar-refractivity contribution in [1.29, 1.82) is 0 Å². The summed E-state index contributed by atoms with van der Waals surface area (Å²) in [6, 6.07) is 4.26. The van der Waals surface area contributed by atoms with Crippen molar-refractivity contribution < 1.29 is 4.79 Å². The van der Waals surface area contributed by atoms with Gasteiger partial charge in [-0.25, -0.2) is 0 Å². The smallest absolute Gasteiger partial charge is 0.167 e. The lowest BCUT2D eigenvalue weighted by Crippen LogP contribution is -2.27. The molecule has 0 saturated carbocycles. The van der Waals surface area contributed by atoms with E-state index in [1.54, 1.807) is 0 Å². The number of hydrogen-bond donors (Lipinski definition) is 1. The zero-order chi connectivity index (χ0) is 11.8. The zero-order valence-corrected chi connectivity index (χ0v) is 10.3. The number of aryl methyl sites for hydroxylation is 1. The molecule has 0 saturated heterocycles. The van der Waals surface area contributed by atoms with Gasteiger partial charge in [0.2, 0.25) is 0 Å². The lowest BCUT2D eigenvalue weighted by Gasteiger charge is -2.30.